The Hall–Kier alpha value is -2.31. The molecule has 0 radical (unpaired) electrons. The Balaban J connectivity index is 2.79. The van der Waals surface area contributed by atoms with Gasteiger partial charge in [0.05, 0.1) is 18.6 Å². The van der Waals surface area contributed by atoms with Crippen molar-refractivity contribution in [2.45, 2.75) is 32.5 Å². The van der Waals surface area contributed by atoms with Crippen LogP contribution in [-0.4, -0.2) is 24.4 Å². The number of halogens is 3. The van der Waals surface area contributed by atoms with Crippen molar-refractivity contribution >= 4 is 17.4 Å². The summed E-state index contributed by atoms with van der Waals surface area (Å²) in [7, 11) is 0. The summed E-state index contributed by atoms with van der Waals surface area (Å²) >= 11 is 0. The van der Waals surface area contributed by atoms with E-state index in [0.29, 0.717) is 5.56 Å². The molecule has 0 aromatic heterocycles. The second kappa shape index (κ2) is 7.80. The Labute approximate surface area is 132 Å². The molecular formula is C16H18F3NO3. The molecule has 0 aliphatic rings. The van der Waals surface area contributed by atoms with E-state index in [-0.39, 0.29) is 24.5 Å². The minimum absolute atomic E-state index is 0.0830. The summed E-state index contributed by atoms with van der Waals surface area (Å²) in [6, 6.07) is 4.29. The van der Waals surface area contributed by atoms with Crippen LogP contribution in [-0.2, 0) is 20.4 Å². The van der Waals surface area contributed by atoms with Gasteiger partial charge in [0.1, 0.15) is 11.9 Å². The maximum atomic E-state index is 12.5. The van der Waals surface area contributed by atoms with Gasteiger partial charge in [-0.3, -0.25) is 4.79 Å². The van der Waals surface area contributed by atoms with Gasteiger partial charge in [0.2, 0.25) is 0 Å². The average Bonchev–Trinajstić information content (AvgIpc) is 2.45. The normalized spacial score (nSPS) is 12.4. The first-order valence-corrected chi connectivity index (χ1v) is 6.89. The van der Waals surface area contributed by atoms with Gasteiger partial charge in [-0.15, -0.1) is 0 Å². The molecular weight excluding hydrogens is 311 g/mol. The lowest BCUT2D eigenvalue weighted by molar-refractivity contribution is -0.144. The highest BCUT2D eigenvalue weighted by atomic mass is 19.4. The number of rotatable bonds is 7. The number of esters is 1. The lowest BCUT2D eigenvalue weighted by Crippen LogP contribution is -2.25. The van der Waals surface area contributed by atoms with E-state index in [4.69, 9.17) is 14.9 Å². The Bertz CT molecular complexity index is 579. The van der Waals surface area contributed by atoms with Crippen molar-refractivity contribution in [3.63, 3.8) is 0 Å². The summed E-state index contributed by atoms with van der Waals surface area (Å²) in [5.74, 6) is -0.441. The van der Waals surface area contributed by atoms with Gasteiger partial charge in [-0.2, -0.15) is 13.2 Å². The molecule has 23 heavy (non-hydrogen) atoms. The van der Waals surface area contributed by atoms with Gasteiger partial charge in [0.15, 0.2) is 0 Å². The van der Waals surface area contributed by atoms with Crippen LogP contribution in [0.25, 0.3) is 5.76 Å². The molecule has 0 saturated heterocycles. The topological polar surface area (TPSA) is 59.4 Å². The summed E-state index contributed by atoms with van der Waals surface area (Å²) in [6.45, 7) is 6.97. The maximum Gasteiger partial charge on any atom is 0.416 e. The second-order valence-corrected chi connectivity index (χ2v) is 4.80. The van der Waals surface area contributed by atoms with E-state index < -0.39 is 23.8 Å². The fourth-order valence-corrected chi connectivity index (χ4v) is 1.74. The number of hydrogen-bond donors (Lipinski definition) is 1. The number of nitrogens with one attached hydrogen (secondary N) is 1. The zero-order valence-corrected chi connectivity index (χ0v) is 12.9. The molecule has 126 valence electrons. The fourth-order valence-electron chi connectivity index (χ4n) is 1.74. The molecule has 1 atom stereocenters. The molecule has 1 aromatic carbocycles. The number of ether oxygens (including phenoxy) is 2. The van der Waals surface area contributed by atoms with E-state index in [0.717, 1.165) is 12.1 Å². The van der Waals surface area contributed by atoms with Gasteiger partial charge in [-0.05, 0) is 26.0 Å². The zero-order valence-electron chi connectivity index (χ0n) is 12.9. The molecule has 0 amide bonds. The molecule has 0 bridgehead atoms. The Morgan fingerprint density at radius 2 is 1.87 bits per heavy atom. The standard InChI is InChI=1S/C16H18F3NO3/c1-4-22-15(21)9-14(10(2)20)23-11(3)12-5-7-13(8-6-12)16(17,18)19/h5-8,14,20H,3-4,9H2,1-2H3. The zero-order chi connectivity index (χ0) is 17.6. The van der Waals surface area contributed by atoms with Crippen LogP contribution in [0.4, 0.5) is 13.2 Å². The molecule has 7 heteroatoms. The average molecular weight is 329 g/mol. The maximum absolute atomic E-state index is 12.5. The second-order valence-electron chi connectivity index (χ2n) is 4.80. The molecule has 4 nitrogen and oxygen atoms in total. The number of benzene rings is 1. The van der Waals surface area contributed by atoms with Crippen molar-refractivity contribution in [2.24, 2.45) is 0 Å². The minimum atomic E-state index is -4.42. The third kappa shape index (κ3) is 5.77. The first-order chi connectivity index (χ1) is 10.6. The summed E-state index contributed by atoms with van der Waals surface area (Å²) in [6.07, 6.45) is -5.45. The van der Waals surface area contributed by atoms with Gasteiger partial charge in [0.25, 0.3) is 0 Å². The van der Waals surface area contributed by atoms with Crippen LogP contribution >= 0.6 is 0 Å². The van der Waals surface area contributed by atoms with E-state index in [9.17, 15) is 18.0 Å². The van der Waals surface area contributed by atoms with Crippen molar-refractivity contribution in [1.82, 2.24) is 0 Å². The van der Waals surface area contributed by atoms with Gasteiger partial charge in [-0.25, -0.2) is 0 Å². The summed E-state index contributed by atoms with van der Waals surface area (Å²) < 4.78 is 47.8. The number of carbonyl (C=O) groups is 1. The predicted octanol–water partition coefficient (Wildman–Crippen LogP) is 4.05. The molecule has 0 fully saturated rings. The van der Waals surface area contributed by atoms with Crippen molar-refractivity contribution in [2.75, 3.05) is 6.61 Å². The molecule has 1 unspecified atom stereocenters. The van der Waals surface area contributed by atoms with Crippen molar-refractivity contribution in [3.05, 3.63) is 42.0 Å². The monoisotopic (exact) mass is 329 g/mol. The summed E-state index contributed by atoms with van der Waals surface area (Å²) in [4.78, 5) is 11.5. The van der Waals surface area contributed by atoms with Crippen LogP contribution in [0.2, 0.25) is 0 Å². The van der Waals surface area contributed by atoms with E-state index in [2.05, 4.69) is 6.58 Å². The molecule has 0 aliphatic carbocycles. The highest BCUT2D eigenvalue weighted by molar-refractivity contribution is 5.88. The molecule has 1 aromatic rings. The van der Waals surface area contributed by atoms with E-state index in [1.54, 1.807) is 6.92 Å². The van der Waals surface area contributed by atoms with Gasteiger partial charge in [0, 0.05) is 11.3 Å². The molecule has 0 saturated carbocycles. The quantitative estimate of drug-likeness (QED) is 0.466. The van der Waals surface area contributed by atoms with Crippen LogP contribution in [0.5, 0.6) is 0 Å². The number of hydrogen-bond acceptors (Lipinski definition) is 4. The van der Waals surface area contributed by atoms with Crippen molar-refractivity contribution < 1.29 is 27.4 Å². The largest absolute Gasteiger partial charge is 0.484 e. The molecule has 1 N–H and O–H groups in total. The number of carbonyl (C=O) groups excluding carboxylic acids is 1. The smallest absolute Gasteiger partial charge is 0.416 e. The third-order valence-electron chi connectivity index (χ3n) is 2.96. The van der Waals surface area contributed by atoms with Crippen LogP contribution in [0.3, 0.4) is 0 Å². The van der Waals surface area contributed by atoms with Crippen LogP contribution in [0.1, 0.15) is 31.4 Å². The van der Waals surface area contributed by atoms with Crippen LogP contribution < -0.4 is 0 Å². The molecule has 1 rings (SSSR count). The van der Waals surface area contributed by atoms with E-state index >= 15 is 0 Å². The first-order valence-electron chi connectivity index (χ1n) is 6.89. The summed E-state index contributed by atoms with van der Waals surface area (Å²) in [5, 5.41) is 7.63. The van der Waals surface area contributed by atoms with Crippen LogP contribution in [0, 0.1) is 5.41 Å². The molecule has 0 aliphatic heterocycles. The highest BCUT2D eigenvalue weighted by Gasteiger charge is 2.30. The van der Waals surface area contributed by atoms with Crippen molar-refractivity contribution in [1.29, 1.82) is 5.41 Å². The molecule has 0 spiro atoms. The number of alkyl halides is 3. The Kier molecular flexibility index (Phi) is 6.36. The van der Waals surface area contributed by atoms with Crippen molar-refractivity contribution in [3.8, 4) is 0 Å². The third-order valence-corrected chi connectivity index (χ3v) is 2.96. The van der Waals surface area contributed by atoms with Gasteiger partial charge >= 0.3 is 12.1 Å². The first kappa shape index (κ1) is 18.7. The SMILES string of the molecule is C=C(OC(CC(=O)OCC)C(C)=N)c1ccc(C(F)(F)F)cc1. The predicted molar refractivity (Wildman–Crippen MR) is 80.0 cm³/mol. The lowest BCUT2D eigenvalue weighted by atomic mass is 10.1. The van der Waals surface area contributed by atoms with E-state index in [1.807, 2.05) is 0 Å². The van der Waals surface area contributed by atoms with Gasteiger partial charge in [-0.1, -0.05) is 18.7 Å². The fraction of sp³-hybridized carbons (Fsp3) is 0.375. The van der Waals surface area contributed by atoms with E-state index in [1.165, 1.54) is 19.1 Å². The summed E-state index contributed by atoms with van der Waals surface area (Å²) in [5.41, 5.74) is -0.348. The van der Waals surface area contributed by atoms with Crippen LogP contribution in [0.15, 0.2) is 30.8 Å². The minimum Gasteiger partial charge on any atom is -0.484 e. The lowest BCUT2D eigenvalue weighted by Gasteiger charge is -2.19. The Morgan fingerprint density at radius 1 is 1.30 bits per heavy atom. The highest BCUT2D eigenvalue weighted by Crippen LogP contribution is 2.30. The molecule has 0 heterocycles. The van der Waals surface area contributed by atoms with Gasteiger partial charge < -0.3 is 14.9 Å². The Morgan fingerprint density at radius 3 is 2.30 bits per heavy atom.